The number of nitrogens with one attached hydrogen (secondary N) is 1. The molecule has 0 atom stereocenters. The Bertz CT molecular complexity index is 93.6. The molecule has 2 nitrogen and oxygen atoms in total. The van der Waals surface area contributed by atoms with E-state index in [4.69, 9.17) is 0 Å². The predicted octanol–water partition coefficient (Wildman–Crippen LogP) is 0.425. The highest BCUT2D eigenvalue weighted by molar-refractivity contribution is 4.90. The zero-order valence-corrected chi connectivity index (χ0v) is 5.25. The molecule has 0 aliphatic heterocycles. The molecule has 1 fully saturated rings. The first-order valence-electron chi connectivity index (χ1n) is 2.69. The van der Waals surface area contributed by atoms with E-state index in [1.54, 1.807) is 7.05 Å². The summed E-state index contributed by atoms with van der Waals surface area (Å²) >= 11 is 0. The summed E-state index contributed by atoms with van der Waals surface area (Å²) in [6, 6.07) is 0.0602. The van der Waals surface area contributed by atoms with Gasteiger partial charge >= 0.3 is 0 Å². The minimum Gasteiger partial charge on any atom is -0.412 e. The maximum Gasteiger partial charge on any atom is 0.251 e. The average Bonchev–Trinajstić information content (AvgIpc) is 1.60. The van der Waals surface area contributed by atoms with Crippen molar-refractivity contribution in [2.24, 2.45) is 0 Å². The third-order valence-electron chi connectivity index (χ3n) is 1.50. The van der Waals surface area contributed by atoms with Crippen molar-refractivity contribution < 1.29 is 15.7 Å². The van der Waals surface area contributed by atoms with Gasteiger partial charge in [0.15, 0.2) is 0 Å². The van der Waals surface area contributed by atoms with Gasteiger partial charge in [-0.05, 0) is 7.05 Å². The molecular formula is C5H13F2NO. The lowest BCUT2D eigenvalue weighted by Crippen LogP contribution is -2.46. The Labute approximate surface area is 54.0 Å². The van der Waals surface area contributed by atoms with Gasteiger partial charge in [-0.25, -0.2) is 8.78 Å². The lowest BCUT2D eigenvalue weighted by molar-refractivity contribution is -0.0910. The third-order valence-corrected chi connectivity index (χ3v) is 1.50. The quantitative estimate of drug-likeness (QED) is 0.565. The number of alkyl halides is 2. The molecule has 3 N–H and O–H groups in total. The van der Waals surface area contributed by atoms with Crippen LogP contribution in [0.4, 0.5) is 8.78 Å². The van der Waals surface area contributed by atoms with E-state index >= 15 is 0 Å². The van der Waals surface area contributed by atoms with Gasteiger partial charge in [-0.3, -0.25) is 0 Å². The largest absolute Gasteiger partial charge is 0.412 e. The standard InChI is InChI=1S/C5H9F2N.H2O.H2/c1-8-4-2-5(6,7)3-4;;/h4,8H,2-3H2,1H3;1H2;1H. The minimum atomic E-state index is -2.37. The summed E-state index contributed by atoms with van der Waals surface area (Å²) in [6.45, 7) is 0. The second-order valence-corrected chi connectivity index (χ2v) is 2.25. The molecule has 58 valence electrons. The molecule has 1 aliphatic rings. The molecule has 1 aliphatic carbocycles. The minimum absolute atomic E-state index is 0. The van der Waals surface area contributed by atoms with Crippen LogP contribution in [0.25, 0.3) is 0 Å². The van der Waals surface area contributed by atoms with Crippen LogP contribution in [0.15, 0.2) is 0 Å². The van der Waals surface area contributed by atoms with E-state index in [1.165, 1.54) is 0 Å². The molecule has 0 bridgehead atoms. The molecule has 0 amide bonds. The van der Waals surface area contributed by atoms with Gasteiger partial charge in [-0.1, -0.05) is 0 Å². The van der Waals surface area contributed by atoms with Crippen molar-refractivity contribution in [2.75, 3.05) is 7.05 Å². The molecule has 1 rings (SSSR count). The van der Waals surface area contributed by atoms with Gasteiger partial charge in [0.2, 0.25) is 0 Å². The zero-order chi connectivity index (χ0) is 6.20. The SMILES string of the molecule is CNC1CC(F)(F)C1.O.[HH]. The average molecular weight is 141 g/mol. The van der Waals surface area contributed by atoms with Crippen molar-refractivity contribution in [3.05, 3.63) is 0 Å². The molecule has 4 heteroatoms. The monoisotopic (exact) mass is 141 g/mol. The number of halogens is 2. The molecule has 0 heterocycles. The van der Waals surface area contributed by atoms with Crippen LogP contribution < -0.4 is 5.32 Å². The van der Waals surface area contributed by atoms with Crippen molar-refractivity contribution in [2.45, 2.75) is 24.8 Å². The first-order valence-corrected chi connectivity index (χ1v) is 2.69. The van der Waals surface area contributed by atoms with Crippen molar-refractivity contribution in [1.29, 1.82) is 0 Å². The van der Waals surface area contributed by atoms with Gasteiger partial charge in [0.05, 0.1) is 0 Å². The summed E-state index contributed by atoms with van der Waals surface area (Å²) < 4.78 is 23.9. The Morgan fingerprint density at radius 3 is 2.11 bits per heavy atom. The normalized spacial score (nSPS) is 24.3. The Hall–Kier alpha value is -0.220. The Kier molecular flexibility index (Phi) is 2.51. The molecule has 0 unspecified atom stereocenters. The van der Waals surface area contributed by atoms with Crippen LogP contribution in [-0.4, -0.2) is 24.5 Å². The molecule has 0 aromatic heterocycles. The van der Waals surface area contributed by atoms with Gasteiger partial charge in [0.25, 0.3) is 5.92 Å². The van der Waals surface area contributed by atoms with Crippen LogP contribution in [0.2, 0.25) is 0 Å². The van der Waals surface area contributed by atoms with E-state index in [2.05, 4.69) is 5.32 Å². The summed E-state index contributed by atoms with van der Waals surface area (Å²) in [4.78, 5) is 0. The second kappa shape index (κ2) is 2.58. The van der Waals surface area contributed by atoms with Gasteiger partial charge in [-0.15, -0.1) is 0 Å². The van der Waals surface area contributed by atoms with Crippen molar-refractivity contribution in [3.8, 4) is 0 Å². The molecule has 0 saturated heterocycles. The first kappa shape index (κ1) is 8.78. The molecular weight excluding hydrogens is 128 g/mol. The summed E-state index contributed by atoms with van der Waals surface area (Å²) in [5, 5.41) is 2.78. The lowest BCUT2D eigenvalue weighted by Gasteiger charge is -2.34. The van der Waals surface area contributed by atoms with Crippen LogP contribution in [-0.2, 0) is 0 Å². The topological polar surface area (TPSA) is 43.5 Å². The van der Waals surface area contributed by atoms with Gasteiger partial charge in [0.1, 0.15) is 0 Å². The van der Waals surface area contributed by atoms with Crippen molar-refractivity contribution >= 4 is 0 Å². The molecule has 0 radical (unpaired) electrons. The molecule has 9 heavy (non-hydrogen) atoms. The van der Waals surface area contributed by atoms with Crippen LogP contribution >= 0.6 is 0 Å². The van der Waals surface area contributed by atoms with E-state index < -0.39 is 5.92 Å². The molecule has 0 aromatic carbocycles. The van der Waals surface area contributed by atoms with E-state index in [0.29, 0.717) is 0 Å². The summed E-state index contributed by atoms with van der Waals surface area (Å²) in [5.74, 6) is -2.37. The maximum atomic E-state index is 11.9. The van der Waals surface area contributed by atoms with E-state index in [-0.39, 0.29) is 25.8 Å². The van der Waals surface area contributed by atoms with Gasteiger partial charge < -0.3 is 10.8 Å². The van der Waals surface area contributed by atoms with Crippen LogP contribution in [0.1, 0.15) is 14.3 Å². The molecule has 0 aromatic rings. The van der Waals surface area contributed by atoms with Gasteiger partial charge in [0, 0.05) is 20.3 Å². The number of hydrogen-bond acceptors (Lipinski definition) is 1. The fourth-order valence-corrected chi connectivity index (χ4v) is 0.865. The predicted molar refractivity (Wildman–Crippen MR) is 32.8 cm³/mol. The zero-order valence-electron chi connectivity index (χ0n) is 5.25. The van der Waals surface area contributed by atoms with Gasteiger partial charge in [-0.2, -0.15) is 0 Å². The van der Waals surface area contributed by atoms with Crippen LogP contribution in [0.3, 0.4) is 0 Å². The summed E-state index contributed by atoms with van der Waals surface area (Å²) in [6.07, 6.45) is 0.0347. The maximum absolute atomic E-state index is 11.9. The second-order valence-electron chi connectivity index (χ2n) is 2.25. The highest BCUT2D eigenvalue weighted by atomic mass is 19.3. The van der Waals surface area contributed by atoms with Crippen molar-refractivity contribution in [3.63, 3.8) is 0 Å². The van der Waals surface area contributed by atoms with E-state index in [0.717, 1.165) is 0 Å². The molecule has 1 saturated carbocycles. The Morgan fingerprint density at radius 2 is 2.00 bits per heavy atom. The van der Waals surface area contributed by atoms with Crippen molar-refractivity contribution in [1.82, 2.24) is 5.32 Å². The third kappa shape index (κ3) is 1.87. The summed E-state index contributed by atoms with van der Waals surface area (Å²) in [5.41, 5.74) is 0. The highest BCUT2D eigenvalue weighted by Crippen LogP contribution is 2.36. The van der Waals surface area contributed by atoms with E-state index in [1.807, 2.05) is 0 Å². The van der Waals surface area contributed by atoms with Crippen LogP contribution in [0, 0.1) is 0 Å². The fraction of sp³-hybridized carbons (Fsp3) is 1.00. The highest BCUT2D eigenvalue weighted by Gasteiger charge is 2.44. The lowest BCUT2D eigenvalue weighted by atomic mass is 9.88. The fourth-order valence-electron chi connectivity index (χ4n) is 0.865. The Balaban J connectivity index is 0. The van der Waals surface area contributed by atoms with E-state index in [9.17, 15) is 8.78 Å². The number of rotatable bonds is 1. The van der Waals surface area contributed by atoms with Crippen LogP contribution in [0.5, 0.6) is 0 Å². The Morgan fingerprint density at radius 1 is 1.56 bits per heavy atom. The number of hydrogen-bond donors (Lipinski definition) is 1. The first-order chi connectivity index (χ1) is 3.64. The molecule has 0 spiro atoms. The smallest absolute Gasteiger partial charge is 0.251 e. The summed E-state index contributed by atoms with van der Waals surface area (Å²) in [7, 11) is 1.71.